The van der Waals surface area contributed by atoms with Crippen molar-refractivity contribution < 1.29 is 13.2 Å². The Kier molecular flexibility index (Phi) is 3.51. The summed E-state index contributed by atoms with van der Waals surface area (Å²) in [4.78, 5) is 12.6. The Hall–Kier alpha value is -0.880. The number of nitrogens with zero attached hydrogens (tertiary/aromatic N) is 1. The highest BCUT2D eigenvalue weighted by Gasteiger charge is 2.39. The summed E-state index contributed by atoms with van der Waals surface area (Å²) >= 11 is 0. The van der Waals surface area contributed by atoms with Gasteiger partial charge in [0.2, 0.25) is 15.9 Å². The average Bonchev–Trinajstić information content (AvgIpc) is 2.48. The maximum absolute atomic E-state index is 11.3. The van der Waals surface area contributed by atoms with Gasteiger partial charge in [-0.25, -0.2) is 13.6 Å². The second-order valence-electron chi connectivity index (χ2n) is 3.84. The maximum Gasteiger partial charge on any atom is 0.219 e. The van der Waals surface area contributed by atoms with E-state index in [1.54, 1.807) is 6.08 Å². The molecule has 0 radical (unpaired) electrons. The maximum atomic E-state index is 11.3. The van der Waals surface area contributed by atoms with Crippen LogP contribution in [-0.4, -0.2) is 37.6 Å². The fraction of sp³-hybridized carbons (Fsp3) is 0.667. The van der Waals surface area contributed by atoms with Crippen LogP contribution in [0.1, 0.15) is 13.3 Å². The SMILES string of the molecule is C=CCC1CN(C(C)=O)CC1S(N)(=O)=O. The molecular formula is C9H16N2O3S. The largest absolute Gasteiger partial charge is 0.341 e. The van der Waals surface area contributed by atoms with Crippen LogP contribution in [0.25, 0.3) is 0 Å². The lowest BCUT2D eigenvalue weighted by Crippen LogP contribution is -2.35. The van der Waals surface area contributed by atoms with Crippen LogP contribution < -0.4 is 5.14 Å². The molecule has 2 atom stereocenters. The number of hydrogen-bond acceptors (Lipinski definition) is 3. The van der Waals surface area contributed by atoms with Crippen LogP contribution in [0.4, 0.5) is 0 Å². The van der Waals surface area contributed by atoms with E-state index < -0.39 is 15.3 Å². The van der Waals surface area contributed by atoms with Crippen molar-refractivity contribution in [3.8, 4) is 0 Å². The number of nitrogens with two attached hydrogens (primary N) is 1. The molecule has 1 rings (SSSR count). The topological polar surface area (TPSA) is 80.5 Å². The van der Waals surface area contributed by atoms with E-state index in [2.05, 4.69) is 6.58 Å². The van der Waals surface area contributed by atoms with Gasteiger partial charge in [-0.1, -0.05) is 6.08 Å². The fourth-order valence-electron chi connectivity index (χ4n) is 1.91. The highest BCUT2D eigenvalue weighted by molar-refractivity contribution is 7.89. The van der Waals surface area contributed by atoms with Crippen LogP contribution >= 0.6 is 0 Å². The molecule has 2 unspecified atom stereocenters. The monoisotopic (exact) mass is 232 g/mol. The second-order valence-corrected chi connectivity index (χ2v) is 5.62. The van der Waals surface area contributed by atoms with E-state index in [9.17, 15) is 13.2 Å². The molecule has 6 heteroatoms. The first kappa shape index (κ1) is 12.2. The van der Waals surface area contributed by atoms with Gasteiger partial charge < -0.3 is 4.90 Å². The average molecular weight is 232 g/mol. The van der Waals surface area contributed by atoms with Gasteiger partial charge in [-0.2, -0.15) is 0 Å². The first-order chi connectivity index (χ1) is 6.86. The van der Waals surface area contributed by atoms with Crippen molar-refractivity contribution in [2.24, 2.45) is 11.1 Å². The minimum atomic E-state index is -3.58. The molecule has 0 aromatic rings. The van der Waals surface area contributed by atoms with Crippen LogP contribution in [-0.2, 0) is 14.8 Å². The number of likely N-dealkylation sites (tertiary alicyclic amines) is 1. The molecule has 0 bridgehead atoms. The second kappa shape index (κ2) is 4.32. The smallest absolute Gasteiger partial charge is 0.219 e. The number of primary sulfonamides is 1. The molecule has 1 aliphatic heterocycles. The van der Waals surface area contributed by atoms with E-state index in [-0.39, 0.29) is 18.4 Å². The van der Waals surface area contributed by atoms with Gasteiger partial charge in [-0.05, 0) is 12.3 Å². The summed E-state index contributed by atoms with van der Waals surface area (Å²) in [5, 5.41) is 4.47. The molecule has 1 aliphatic rings. The van der Waals surface area contributed by atoms with E-state index in [4.69, 9.17) is 5.14 Å². The molecule has 0 aromatic heterocycles. The Morgan fingerprint density at radius 3 is 2.60 bits per heavy atom. The third-order valence-electron chi connectivity index (χ3n) is 2.72. The van der Waals surface area contributed by atoms with Crippen LogP contribution in [0, 0.1) is 5.92 Å². The minimum Gasteiger partial charge on any atom is -0.341 e. The summed E-state index contributed by atoms with van der Waals surface area (Å²) in [6, 6.07) is 0. The van der Waals surface area contributed by atoms with Crippen LogP contribution in [0.2, 0.25) is 0 Å². The Balaban J connectivity index is 2.85. The lowest BCUT2D eigenvalue weighted by Gasteiger charge is -2.13. The lowest BCUT2D eigenvalue weighted by molar-refractivity contribution is -0.127. The van der Waals surface area contributed by atoms with Crippen molar-refractivity contribution in [1.29, 1.82) is 0 Å². The molecule has 15 heavy (non-hydrogen) atoms. The fourth-order valence-corrected chi connectivity index (χ4v) is 3.03. The normalized spacial score (nSPS) is 26.7. The number of allylic oxidation sites excluding steroid dienone is 1. The summed E-state index contributed by atoms with van der Waals surface area (Å²) < 4.78 is 22.6. The van der Waals surface area contributed by atoms with Gasteiger partial charge in [0.15, 0.2) is 0 Å². The van der Waals surface area contributed by atoms with Gasteiger partial charge in [0, 0.05) is 20.0 Å². The number of sulfonamides is 1. The van der Waals surface area contributed by atoms with Crippen LogP contribution in [0.15, 0.2) is 12.7 Å². The van der Waals surface area contributed by atoms with Gasteiger partial charge >= 0.3 is 0 Å². The molecule has 1 fully saturated rings. The first-order valence-corrected chi connectivity index (χ1v) is 6.35. The zero-order valence-electron chi connectivity index (χ0n) is 8.72. The Morgan fingerprint density at radius 1 is 1.60 bits per heavy atom. The van der Waals surface area contributed by atoms with Gasteiger partial charge in [0.05, 0.1) is 5.25 Å². The summed E-state index contributed by atoms with van der Waals surface area (Å²) in [6.45, 7) is 5.65. The van der Waals surface area contributed by atoms with Crippen molar-refractivity contribution in [2.45, 2.75) is 18.6 Å². The third-order valence-corrected chi connectivity index (χ3v) is 4.10. The molecule has 86 valence electrons. The zero-order valence-corrected chi connectivity index (χ0v) is 9.53. The third kappa shape index (κ3) is 2.79. The predicted molar refractivity (Wildman–Crippen MR) is 57.5 cm³/mol. The number of carbonyl (C=O) groups excluding carboxylic acids is 1. The van der Waals surface area contributed by atoms with E-state index in [1.807, 2.05) is 0 Å². The molecule has 1 heterocycles. The number of carbonyl (C=O) groups is 1. The van der Waals surface area contributed by atoms with Crippen molar-refractivity contribution in [2.75, 3.05) is 13.1 Å². The standard InChI is InChI=1S/C9H16N2O3S/c1-3-4-8-5-11(7(2)12)6-9(8)15(10,13)14/h3,8-9H,1,4-6H2,2H3,(H2,10,13,14). The van der Waals surface area contributed by atoms with E-state index >= 15 is 0 Å². The molecule has 0 aromatic carbocycles. The molecule has 0 saturated carbocycles. The van der Waals surface area contributed by atoms with Crippen molar-refractivity contribution >= 4 is 15.9 Å². The molecule has 1 saturated heterocycles. The number of rotatable bonds is 3. The van der Waals surface area contributed by atoms with Crippen molar-refractivity contribution in [3.63, 3.8) is 0 Å². The molecule has 1 amide bonds. The Labute approximate surface area is 90.0 Å². The van der Waals surface area contributed by atoms with Crippen molar-refractivity contribution in [3.05, 3.63) is 12.7 Å². The number of amides is 1. The Bertz CT molecular complexity index is 364. The molecule has 2 N–H and O–H groups in total. The van der Waals surface area contributed by atoms with Crippen LogP contribution in [0.3, 0.4) is 0 Å². The quantitative estimate of drug-likeness (QED) is 0.678. The van der Waals surface area contributed by atoms with Gasteiger partial charge in [0.25, 0.3) is 0 Å². The first-order valence-electron chi connectivity index (χ1n) is 4.74. The van der Waals surface area contributed by atoms with Crippen molar-refractivity contribution in [1.82, 2.24) is 4.90 Å². The zero-order chi connectivity index (χ0) is 11.6. The summed E-state index contributed by atoms with van der Waals surface area (Å²) in [6.07, 6.45) is 2.22. The highest BCUT2D eigenvalue weighted by Crippen LogP contribution is 2.25. The highest BCUT2D eigenvalue weighted by atomic mass is 32.2. The van der Waals surface area contributed by atoms with Gasteiger partial charge in [0.1, 0.15) is 0 Å². The molecule has 5 nitrogen and oxygen atoms in total. The minimum absolute atomic E-state index is 0.116. The predicted octanol–water partition coefficient (Wildman–Crippen LogP) is -0.302. The Morgan fingerprint density at radius 2 is 2.20 bits per heavy atom. The summed E-state index contributed by atoms with van der Waals surface area (Å²) in [7, 11) is -3.58. The van der Waals surface area contributed by atoms with Gasteiger partial charge in [-0.3, -0.25) is 4.79 Å². The van der Waals surface area contributed by atoms with E-state index in [0.717, 1.165) is 0 Å². The van der Waals surface area contributed by atoms with E-state index in [0.29, 0.717) is 13.0 Å². The summed E-state index contributed by atoms with van der Waals surface area (Å²) in [5.41, 5.74) is 0. The van der Waals surface area contributed by atoms with E-state index in [1.165, 1.54) is 11.8 Å². The lowest BCUT2D eigenvalue weighted by atomic mass is 10.1. The molecular weight excluding hydrogens is 216 g/mol. The van der Waals surface area contributed by atoms with Crippen LogP contribution in [0.5, 0.6) is 0 Å². The summed E-state index contributed by atoms with van der Waals surface area (Å²) in [5.74, 6) is -0.239. The van der Waals surface area contributed by atoms with Gasteiger partial charge in [-0.15, -0.1) is 6.58 Å². The molecule has 0 spiro atoms. The number of hydrogen-bond donors (Lipinski definition) is 1. The molecule has 0 aliphatic carbocycles.